The molecule has 2 heterocycles. The lowest BCUT2D eigenvalue weighted by Gasteiger charge is -2.20. The van der Waals surface area contributed by atoms with Gasteiger partial charge in [-0.25, -0.2) is 4.68 Å². The van der Waals surface area contributed by atoms with Crippen LogP contribution in [0.15, 0.2) is 11.0 Å². The zero-order valence-corrected chi connectivity index (χ0v) is 12.9. The van der Waals surface area contributed by atoms with Crippen molar-refractivity contribution in [1.82, 2.24) is 19.7 Å². The molecule has 0 radical (unpaired) electrons. The number of fused-ring (bicyclic) bond motifs is 1. The van der Waals surface area contributed by atoms with Crippen molar-refractivity contribution in [2.24, 2.45) is 5.92 Å². The molecule has 1 saturated carbocycles. The van der Waals surface area contributed by atoms with Crippen LogP contribution in [0.3, 0.4) is 0 Å². The van der Waals surface area contributed by atoms with E-state index in [9.17, 15) is 4.79 Å². The highest BCUT2D eigenvalue weighted by Gasteiger charge is 2.20. The SMILES string of the molecule is CC(C)(C)n1ncc2c(=O)[nH]c(NCC3CCCC3)nc21. The summed E-state index contributed by atoms with van der Waals surface area (Å²) in [7, 11) is 0. The second-order valence-corrected chi connectivity index (χ2v) is 6.91. The van der Waals surface area contributed by atoms with Crippen molar-refractivity contribution >= 4 is 17.0 Å². The Morgan fingerprint density at radius 1 is 1.38 bits per heavy atom. The van der Waals surface area contributed by atoms with E-state index in [0.717, 1.165) is 6.54 Å². The summed E-state index contributed by atoms with van der Waals surface area (Å²) in [4.78, 5) is 19.5. The molecule has 2 aromatic rings. The van der Waals surface area contributed by atoms with Gasteiger partial charge in [-0.05, 0) is 39.5 Å². The summed E-state index contributed by atoms with van der Waals surface area (Å²) in [6, 6.07) is 0. The molecule has 6 nitrogen and oxygen atoms in total. The number of hydrogen-bond donors (Lipinski definition) is 2. The van der Waals surface area contributed by atoms with Crippen molar-refractivity contribution in [1.29, 1.82) is 0 Å². The zero-order chi connectivity index (χ0) is 15.0. The summed E-state index contributed by atoms with van der Waals surface area (Å²) in [6.07, 6.45) is 6.74. The van der Waals surface area contributed by atoms with Gasteiger partial charge in [0.05, 0.1) is 11.7 Å². The van der Waals surface area contributed by atoms with Crippen LogP contribution in [0.2, 0.25) is 0 Å². The number of anilines is 1. The number of H-pyrrole nitrogens is 1. The Bertz CT molecular complexity index is 688. The maximum atomic E-state index is 12.1. The average Bonchev–Trinajstić information content (AvgIpc) is 3.04. The molecule has 0 aliphatic heterocycles. The van der Waals surface area contributed by atoms with E-state index in [1.165, 1.54) is 25.7 Å². The van der Waals surface area contributed by atoms with Crippen molar-refractivity contribution < 1.29 is 0 Å². The molecule has 0 atom stereocenters. The fourth-order valence-electron chi connectivity index (χ4n) is 2.95. The molecule has 1 aliphatic carbocycles. The number of aromatic nitrogens is 4. The molecule has 21 heavy (non-hydrogen) atoms. The molecule has 3 rings (SSSR count). The Balaban J connectivity index is 1.91. The minimum absolute atomic E-state index is 0.135. The number of aromatic amines is 1. The van der Waals surface area contributed by atoms with Crippen LogP contribution < -0.4 is 10.9 Å². The molecule has 0 amide bonds. The van der Waals surface area contributed by atoms with Gasteiger partial charge in [-0.1, -0.05) is 12.8 Å². The fraction of sp³-hybridized carbons (Fsp3) is 0.667. The second-order valence-electron chi connectivity index (χ2n) is 6.91. The molecule has 0 unspecified atom stereocenters. The molecule has 0 saturated heterocycles. The van der Waals surface area contributed by atoms with Crippen LogP contribution in [-0.4, -0.2) is 26.3 Å². The summed E-state index contributed by atoms with van der Waals surface area (Å²) in [6.45, 7) is 7.02. The third-order valence-electron chi connectivity index (χ3n) is 4.11. The summed E-state index contributed by atoms with van der Waals surface area (Å²) in [5, 5.41) is 8.13. The Kier molecular flexibility index (Phi) is 3.47. The molecule has 0 bridgehead atoms. The quantitative estimate of drug-likeness (QED) is 0.910. The van der Waals surface area contributed by atoms with Gasteiger partial charge >= 0.3 is 0 Å². The third-order valence-corrected chi connectivity index (χ3v) is 4.11. The summed E-state index contributed by atoms with van der Waals surface area (Å²) < 4.78 is 1.80. The zero-order valence-electron chi connectivity index (χ0n) is 12.9. The Hall–Kier alpha value is -1.85. The molecule has 1 aliphatic rings. The second kappa shape index (κ2) is 5.16. The van der Waals surface area contributed by atoms with Crippen molar-refractivity contribution in [3.8, 4) is 0 Å². The van der Waals surface area contributed by atoms with Crippen molar-refractivity contribution in [3.05, 3.63) is 16.6 Å². The molecule has 6 heteroatoms. The third kappa shape index (κ3) is 2.80. The maximum absolute atomic E-state index is 12.1. The van der Waals surface area contributed by atoms with Crippen LogP contribution in [0.1, 0.15) is 46.5 Å². The van der Waals surface area contributed by atoms with Crippen LogP contribution in [0, 0.1) is 5.92 Å². The molecule has 2 aromatic heterocycles. The van der Waals surface area contributed by atoms with E-state index < -0.39 is 0 Å². The lowest BCUT2D eigenvalue weighted by atomic mass is 10.1. The minimum Gasteiger partial charge on any atom is -0.355 e. The van der Waals surface area contributed by atoms with Gasteiger partial charge in [0.25, 0.3) is 5.56 Å². The standard InChI is InChI=1S/C15H23N5O/c1-15(2,3)20-12-11(9-17-20)13(21)19-14(18-12)16-8-10-6-4-5-7-10/h9-10H,4-8H2,1-3H3,(H2,16,18,19,21). The molecule has 2 N–H and O–H groups in total. The van der Waals surface area contributed by atoms with E-state index in [0.29, 0.717) is 22.9 Å². The lowest BCUT2D eigenvalue weighted by Crippen LogP contribution is -2.24. The summed E-state index contributed by atoms with van der Waals surface area (Å²) >= 11 is 0. The Morgan fingerprint density at radius 2 is 2.10 bits per heavy atom. The first-order valence-electron chi connectivity index (χ1n) is 7.67. The van der Waals surface area contributed by atoms with Gasteiger partial charge in [-0.15, -0.1) is 0 Å². The van der Waals surface area contributed by atoms with Crippen LogP contribution >= 0.6 is 0 Å². The van der Waals surface area contributed by atoms with Crippen molar-refractivity contribution in [2.75, 3.05) is 11.9 Å². The van der Waals surface area contributed by atoms with E-state index in [4.69, 9.17) is 0 Å². The van der Waals surface area contributed by atoms with Gasteiger partial charge in [0.2, 0.25) is 5.95 Å². The predicted molar refractivity (Wildman–Crippen MR) is 83.6 cm³/mol. The number of nitrogens with one attached hydrogen (secondary N) is 2. The minimum atomic E-state index is -0.203. The summed E-state index contributed by atoms with van der Waals surface area (Å²) in [5.74, 6) is 1.24. The monoisotopic (exact) mass is 289 g/mol. The van der Waals surface area contributed by atoms with Crippen LogP contribution in [0.5, 0.6) is 0 Å². The molecular weight excluding hydrogens is 266 g/mol. The number of nitrogens with zero attached hydrogens (tertiary/aromatic N) is 3. The highest BCUT2D eigenvalue weighted by atomic mass is 16.1. The molecule has 0 aromatic carbocycles. The van der Waals surface area contributed by atoms with Gasteiger partial charge in [0.1, 0.15) is 5.39 Å². The predicted octanol–water partition coefficient (Wildman–Crippen LogP) is 2.48. The molecule has 1 fully saturated rings. The highest BCUT2D eigenvalue weighted by Crippen LogP contribution is 2.24. The first kappa shape index (κ1) is 14.1. The van der Waals surface area contributed by atoms with E-state index in [-0.39, 0.29) is 11.1 Å². The van der Waals surface area contributed by atoms with Crippen LogP contribution in [0.4, 0.5) is 5.95 Å². The maximum Gasteiger partial charge on any atom is 0.263 e. The Morgan fingerprint density at radius 3 is 2.76 bits per heavy atom. The summed E-state index contributed by atoms with van der Waals surface area (Å²) in [5.41, 5.74) is 0.301. The smallest absolute Gasteiger partial charge is 0.263 e. The Labute approximate surface area is 124 Å². The van der Waals surface area contributed by atoms with E-state index >= 15 is 0 Å². The van der Waals surface area contributed by atoms with Gasteiger partial charge in [0, 0.05) is 6.54 Å². The van der Waals surface area contributed by atoms with Gasteiger partial charge in [0.15, 0.2) is 5.65 Å². The first-order chi connectivity index (χ1) is 9.95. The molecule has 114 valence electrons. The topological polar surface area (TPSA) is 75.6 Å². The van der Waals surface area contributed by atoms with Crippen LogP contribution in [0.25, 0.3) is 11.0 Å². The fourth-order valence-corrected chi connectivity index (χ4v) is 2.95. The van der Waals surface area contributed by atoms with Crippen molar-refractivity contribution in [3.63, 3.8) is 0 Å². The highest BCUT2D eigenvalue weighted by molar-refractivity contribution is 5.74. The number of rotatable bonds is 3. The normalized spacial score (nSPS) is 16.7. The molecule has 0 spiro atoms. The number of hydrogen-bond acceptors (Lipinski definition) is 4. The van der Waals surface area contributed by atoms with Gasteiger partial charge in [-0.3, -0.25) is 9.78 Å². The van der Waals surface area contributed by atoms with E-state index in [1.54, 1.807) is 10.9 Å². The van der Waals surface area contributed by atoms with Gasteiger partial charge in [-0.2, -0.15) is 10.1 Å². The average molecular weight is 289 g/mol. The van der Waals surface area contributed by atoms with E-state index in [2.05, 4.69) is 20.4 Å². The van der Waals surface area contributed by atoms with Crippen LogP contribution in [-0.2, 0) is 5.54 Å². The molecular formula is C15H23N5O. The van der Waals surface area contributed by atoms with Crippen molar-refractivity contribution in [2.45, 2.75) is 52.0 Å². The first-order valence-corrected chi connectivity index (χ1v) is 7.67. The van der Waals surface area contributed by atoms with E-state index in [1.807, 2.05) is 20.8 Å². The lowest BCUT2D eigenvalue weighted by molar-refractivity contribution is 0.366. The largest absolute Gasteiger partial charge is 0.355 e. The van der Waals surface area contributed by atoms with Gasteiger partial charge < -0.3 is 5.32 Å².